The average Bonchev–Trinajstić information content (AvgIpc) is 2.63. The summed E-state index contributed by atoms with van der Waals surface area (Å²) < 4.78 is 10.5. The summed E-state index contributed by atoms with van der Waals surface area (Å²) in [6, 6.07) is 7.24. The van der Waals surface area contributed by atoms with Gasteiger partial charge in [0.25, 0.3) is 0 Å². The van der Waals surface area contributed by atoms with Gasteiger partial charge in [-0.3, -0.25) is 9.98 Å². The lowest BCUT2D eigenvalue weighted by atomic mass is 10.1. The van der Waals surface area contributed by atoms with Gasteiger partial charge in [0.1, 0.15) is 0 Å². The molecule has 148 valence electrons. The molecule has 1 aromatic rings. The molecule has 27 heavy (non-hydrogen) atoms. The van der Waals surface area contributed by atoms with E-state index in [1.807, 2.05) is 46.1 Å². The van der Waals surface area contributed by atoms with Gasteiger partial charge in [0.2, 0.25) is 0 Å². The monoisotopic (exact) mass is 408 g/mol. The van der Waals surface area contributed by atoms with E-state index < -0.39 is 0 Å². The van der Waals surface area contributed by atoms with Gasteiger partial charge < -0.3 is 9.47 Å². The highest BCUT2D eigenvalue weighted by atomic mass is 33.1. The second-order valence-corrected chi connectivity index (χ2v) is 10.9. The van der Waals surface area contributed by atoms with E-state index in [0.29, 0.717) is 25.3 Å². The van der Waals surface area contributed by atoms with Gasteiger partial charge in [-0.1, -0.05) is 33.7 Å². The zero-order valence-electron chi connectivity index (χ0n) is 16.6. The van der Waals surface area contributed by atoms with Gasteiger partial charge in [-0.2, -0.15) is 0 Å². The standard InChI is InChI=1S/C20H28N2O3S2/c1-19(2)13-21-10-17(22-14-20(3,4)27-26-19)12-25-11-15-6-8-16(9-7-15)18(23)24-5/h6-9,13-14,17H,10-12H2,1-5H3. The van der Waals surface area contributed by atoms with E-state index in [1.54, 1.807) is 12.1 Å². The van der Waals surface area contributed by atoms with Crippen molar-refractivity contribution in [3.05, 3.63) is 35.4 Å². The Bertz CT molecular complexity index is 685. The average molecular weight is 409 g/mol. The minimum Gasteiger partial charge on any atom is -0.465 e. The molecule has 0 spiro atoms. The minimum atomic E-state index is -0.335. The number of benzene rings is 1. The van der Waals surface area contributed by atoms with Gasteiger partial charge in [0, 0.05) is 12.4 Å². The van der Waals surface area contributed by atoms with E-state index in [9.17, 15) is 4.79 Å². The molecule has 7 heteroatoms. The van der Waals surface area contributed by atoms with Crippen LogP contribution in [0.15, 0.2) is 34.3 Å². The number of rotatable bonds is 5. The van der Waals surface area contributed by atoms with E-state index in [4.69, 9.17) is 14.5 Å². The summed E-state index contributed by atoms with van der Waals surface area (Å²) >= 11 is 0. The van der Waals surface area contributed by atoms with Gasteiger partial charge >= 0.3 is 5.97 Å². The zero-order chi connectivity index (χ0) is 19.9. The van der Waals surface area contributed by atoms with Gasteiger partial charge in [-0.05, 0) is 45.4 Å². The summed E-state index contributed by atoms with van der Waals surface area (Å²) in [6.45, 7) is 10.3. The van der Waals surface area contributed by atoms with Crippen LogP contribution in [0.5, 0.6) is 0 Å². The molecule has 0 radical (unpaired) electrons. The zero-order valence-corrected chi connectivity index (χ0v) is 18.2. The number of carbonyl (C=O) groups is 1. The number of nitrogens with zero attached hydrogens (tertiary/aromatic N) is 2. The van der Waals surface area contributed by atoms with Crippen LogP contribution in [-0.4, -0.2) is 54.2 Å². The predicted molar refractivity (Wildman–Crippen MR) is 116 cm³/mol. The van der Waals surface area contributed by atoms with Crippen LogP contribution in [0.4, 0.5) is 0 Å². The molecule has 2 rings (SSSR count). The summed E-state index contributed by atoms with van der Waals surface area (Å²) in [7, 11) is 5.00. The van der Waals surface area contributed by atoms with Crippen molar-refractivity contribution in [3.63, 3.8) is 0 Å². The lowest BCUT2D eigenvalue weighted by Crippen LogP contribution is -2.26. The van der Waals surface area contributed by atoms with Crippen LogP contribution in [0.1, 0.15) is 43.6 Å². The normalized spacial score (nSPS) is 21.6. The molecule has 0 aromatic heterocycles. The van der Waals surface area contributed by atoms with E-state index in [2.05, 4.69) is 32.7 Å². The molecule has 0 bridgehead atoms. The van der Waals surface area contributed by atoms with Crippen molar-refractivity contribution >= 4 is 40.0 Å². The molecule has 0 saturated carbocycles. The number of hydrogen-bond donors (Lipinski definition) is 0. The summed E-state index contributed by atoms with van der Waals surface area (Å²) in [6.07, 6.45) is 4.03. The Labute approximate surface area is 169 Å². The molecular formula is C20H28N2O3S2. The molecule has 1 atom stereocenters. The molecule has 1 aliphatic rings. The van der Waals surface area contributed by atoms with Crippen LogP contribution >= 0.6 is 21.6 Å². The lowest BCUT2D eigenvalue weighted by Gasteiger charge is -2.26. The quantitative estimate of drug-likeness (QED) is 0.532. The van der Waals surface area contributed by atoms with Gasteiger partial charge in [0.05, 0.1) is 48.0 Å². The van der Waals surface area contributed by atoms with Crippen molar-refractivity contribution in [2.24, 2.45) is 9.98 Å². The van der Waals surface area contributed by atoms with E-state index >= 15 is 0 Å². The number of esters is 1. The SMILES string of the molecule is COC(=O)c1ccc(COCC2CN=CC(C)(C)SSC(C)(C)C=N2)cc1. The fourth-order valence-corrected chi connectivity index (χ4v) is 4.45. The lowest BCUT2D eigenvalue weighted by molar-refractivity contribution is 0.0600. The highest BCUT2D eigenvalue weighted by Gasteiger charge is 2.25. The van der Waals surface area contributed by atoms with Crippen molar-refractivity contribution in [2.75, 3.05) is 20.3 Å². The third-order valence-electron chi connectivity index (χ3n) is 3.74. The van der Waals surface area contributed by atoms with E-state index in [-0.39, 0.29) is 21.5 Å². The predicted octanol–water partition coefficient (Wildman–Crippen LogP) is 4.45. The van der Waals surface area contributed by atoms with E-state index in [1.165, 1.54) is 7.11 Å². The van der Waals surface area contributed by atoms with Crippen LogP contribution in [0.3, 0.4) is 0 Å². The third kappa shape index (κ3) is 7.68. The molecule has 1 aromatic carbocycles. The van der Waals surface area contributed by atoms with Crippen LogP contribution in [0.2, 0.25) is 0 Å². The van der Waals surface area contributed by atoms with Crippen LogP contribution in [0.25, 0.3) is 0 Å². The Morgan fingerprint density at radius 2 is 1.74 bits per heavy atom. The van der Waals surface area contributed by atoms with E-state index in [0.717, 1.165) is 5.56 Å². The maximum Gasteiger partial charge on any atom is 0.337 e. The molecule has 0 amide bonds. The van der Waals surface area contributed by atoms with Crippen LogP contribution in [-0.2, 0) is 16.1 Å². The fraction of sp³-hybridized carbons (Fsp3) is 0.550. The summed E-state index contributed by atoms with van der Waals surface area (Å²) in [4.78, 5) is 20.8. The van der Waals surface area contributed by atoms with Gasteiger partial charge in [-0.25, -0.2) is 4.79 Å². The molecule has 1 aliphatic heterocycles. The number of hydrogen-bond acceptors (Lipinski definition) is 7. The van der Waals surface area contributed by atoms with Crippen molar-refractivity contribution in [1.82, 2.24) is 0 Å². The topological polar surface area (TPSA) is 60.2 Å². The number of ether oxygens (including phenoxy) is 2. The smallest absolute Gasteiger partial charge is 0.337 e. The van der Waals surface area contributed by atoms with Crippen molar-refractivity contribution in [2.45, 2.75) is 49.8 Å². The minimum absolute atomic E-state index is 0.00522. The largest absolute Gasteiger partial charge is 0.465 e. The van der Waals surface area contributed by atoms with Crippen LogP contribution in [0, 0.1) is 0 Å². The maximum absolute atomic E-state index is 11.5. The highest BCUT2D eigenvalue weighted by Crippen LogP contribution is 2.42. The molecular weight excluding hydrogens is 380 g/mol. The highest BCUT2D eigenvalue weighted by molar-refractivity contribution is 8.78. The molecule has 1 unspecified atom stereocenters. The number of carbonyl (C=O) groups excluding carboxylic acids is 1. The molecule has 0 saturated heterocycles. The molecule has 1 heterocycles. The molecule has 5 nitrogen and oxygen atoms in total. The maximum atomic E-state index is 11.5. The van der Waals surface area contributed by atoms with Crippen molar-refractivity contribution < 1.29 is 14.3 Å². The first-order valence-corrected chi connectivity index (χ1v) is 11.0. The van der Waals surface area contributed by atoms with Crippen molar-refractivity contribution in [3.8, 4) is 0 Å². The Kier molecular flexibility index (Phi) is 7.94. The second-order valence-electron chi connectivity index (χ2n) is 7.50. The first-order chi connectivity index (χ1) is 12.7. The summed E-state index contributed by atoms with van der Waals surface area (Å²) in [5.74, 6) is -0.335. The Morgan fingerprint density at radius 1 is 1.11 bits per heavy atom. The summed E-state index contributed by atoms with van der Waals surface area (Å²) in [5.41, 5.74) is 1.54. The molecule has 0 aliphatic carbocycles. The summed E-state index contributed by atoms with van der Waals surface area (Å²) in [5, 5.41) is 0. The number of methoxy groups -OCH3 is 1. The first kappa shape index (κ1) is 22.0. The third-order valence-corrected chi connectivity index (χ3v) is 7.72. The second kappa shape index (κ2) is 9.75. The Balaban J connectivity index is 1.93. The Hall–Kier alpha value is -1.31. The fourth-order valence-electron chi connectivity index (χ4n) is 2.25. The Morgan fingerprint density at radius 3 is 2.37 bits per heavy atom. The molecule has 0 fully saturated rings. The molecule has 0 N–H and O–H groups in total. The number of aliphatic imine (C=N–C) groups is 2. The van der Waals surface area contributed by atoms with Gasteiger partial charge in [-0.15, -0.1) is 0 Å². The van der Waals surface area contributed by atoms with Crippen LogP contribution < -0.4 is 0 Å². The first-order valence-electron chi connectivity index (χ1n) is 8.88. The van der Waals surface area contributed by atoms with Crippen molar-refractivity contribution in [1.29, 1.82) is 0 Å². The van der Waals surface area contributed by atoms with Gasteiger partial charge in [0.15, 0.2) is 0 Å².